The van der Waals surface area contributed by atoms with E-state index < -0.39 is 0 Å². The summed E-state index contributed by atoms with van der Waals surface area (Å²) in [6, 6.07) is 14.0. The van der Waals surface area contributed by atoms with Crippen LogP contribution in [0.25, 0.3) is 10.8 Å². The molecule has 0 aliphatic heterocycles. The molecule has 0 aromatic heterocycles. The van der Waals surface area contributed by atoms with E-state index in [2.05, 4.69) is 6.58 Å². The summed E-state index contributed by atoms with van der Waals surface area (Å²) in [5.74, 6) is 0.432. The molecule has 0 radical (unpaired) electrons. The lowest BCUT2D eigenvalue weighted by Crippen LogP contribution is -2.24. The normalized spacial score (nSPS) is 11.9. The first-order valence-corrected chi connectivity index (χ1v) is 7.09. The van der Waals surface area contributed by atoms with Crippen molar-refractivity contribution < 1.29 is 14.3 Å². The first-order chi connectivity index (χ1) is 10.1. The van der Waals surface area contributed by atoms with Crippen LogP contribution in [0.15, 0.2) is 54.6 Å². The molecule has 1 atom stereocenters. The van der Waals surface area contributed by atoms with Crippen LogP contribution in [0.1, 0.15) is 20.3 Å². The minimum atomic E-state index is -0.372. The predicted molar refractivity (Wildman–Crippen MR) is 84.4 cm³/mol. The lowest BCUT2D eigenvalue weighted by Gasteiger charge is -2.17. The molecule has 2 aromatic carbocycles. The third-order valence-corrected chi connectivity index (χ3v) is 3.25. The first kappa shape index (κ1) is 15.1. The maximum Gasteiger partial charge on any atom is 0.333 e. The molecular weight excluding hydrogens is 264 g/mol. The van der Waals surface area contributed by atoms with Crippen molar-refractivity contribution in [3.8, 4) is 5.75 Å². The molecule has 0 fully saturated rings. The van der Waals surface area contributed by atoms with E-state index in [1.807, 2.05) is 49.4 Å². The molecule has 3 heteroatoms. The predicted octanol–water partition coefficient (Wildman–Crippen LogP) is 4.12. The van der Waals surface area contributed by atoms with Gasteiger partial charge < -0.3 is 9.47 Å². The van der Waals surface area contributed by atoms with Crippen LogP contribution >= 0.6 is 0 Å². The highest BCUT2D eigenvalue weighted by Crippen LogP contribution is 2.25. The van der Waals surface area contributed by atoms with Crippen LogP contribution in [0.5, 0.6) is 5.75 Å². The Morgan fingerprint density at radius 1 is 1.19 bits per heavy atom. The van der Waals surface area contributed by atoms with E-state index in [1.54, 1.807) is 6.92 Å². The smallest absolute Gasteiger partial charge is 0.333 e. The van der Waals surface area contributed by atoms with Gasteiger partial charge in [-0.3, -0.25) is 0 Å². The Morgan fingerprint density at radius 3 is 2.62 bits per heavy atom. The second-order valence-electron chi connectivity index (χ2n) is 5.00. The summed E-state index contributed by atoms with van der Waals surface area (Å²) in [4.78, 5) is 11.6. The number of rotatable bonds is 6. The van der Waals surface area contributed by atoms with Crippen LogP contribution in [0.4, 0.5) is 0 Å². The molecule has 3 nitrogen and oxygen atoms in total. The number of esters is 1. The molecule has 0 saturated carbocycles. The highest BCUT2D eigenvalue weighted by molar-refractivity contribution is 5.88. The van der Waals surface area contributed by atoms with Gasteiger partial charge in [-0.1, -0.05) is 49.9 Å². The summed E-state index contributed by atoms with van der Waals surface area (Å²) >= 11 is 0. The summed E-state index contributed by atoms with van der Waals surface area (Å²) < 4.78 is 11.2. The molecule has 2 aromatic rings. The number of carbonyl (C=O) groups is 1. The third-order valence-electron chi connectivity index (χ3n) is 3.25. The molecule has 1 unspecified atom stereocenters. The summed E-state index contributed by atoms with van der Waals surface area (Å²) in [5.41, 5.74) is 0.401. The maximum atomic E-state index is 11.6. The van der Waals surface area contributed by atoms with Crippen molar-refractivity contribution in [3.05, 3.63) is 54.6 Å². The monoisotopic (exact) mass is 284 g/mol. The zero-order valence-corrected chi connectivity index (χ0v) is 12.5. The van der Waals surface area contributed by atoms with Crippen molar-refractivity contribution in [1.29, 1.82) is 0 Å². The van der Waals surface area contributed by atoms with Crippen LogP contribution < -0.4 is 4.74 Å². The van der Waals surface area contributed by atoms with Crippen molar-refractivity contribution in [2.45, 2.75) is 26.4 Å². The van der Waals surface area contributed by atoms with Crippen molar-refractivity contribution >= 4 is 16.7 Å². The van der Waals surface area contributed by atoms with Gasteiger partial charge in [0.2, 0.25) is 0 Å². The largest absolute Gasteiger partial charge is 0.489 e. The number of carbonyl (C=O) groups excluding carboxylic acids is 1. The fourth-order valence-electron chi connectivity index (χ4n) is 1.99. The minimum Gasteiger partial charge on any atom is -0.489 e. The zero-order chi connectivity index (χ0) is 15.2. The van der Waals surface area contributed by atoms with Gasteiger partial charge in [0.05, 0.1) is 0 Å². The van der Waals surface area contributed by atoms with Gasteiger partial charge in [0.1, 0.15) is 18.5 Å². The van der Waals surface area contributed by atoms with Crippen LogP contribution in [-0.4, -0.2) is 18.7 Å². The zero-order valence-electron chi connectivity index (χ0n) is 12.5. The molecular formula is C18H20O3. The van der Waals surface area contributed by atoms with E-state index in [4.69, 9.17) is 9.47 Å². The summed E-state index contributed by atoms with van der Waals surface area (Å²) in [7, 11) is 0. The average molecular weight is 284 g/mol. The molecule has 0 aliphatic rings. The molecule has 2 rings (SSSR count). The van der Waals surface area contributed by atoms with Crippen LogP contribution in [0.2, 0.25) is 0 Å². The molecule has 0 bridgehead atoms. The average Bonchev–Trinajstić information content (AvgIpc) is 2.51. The quantitative estimate of drug-likeness (QED) is 0.591. The Kier molecular flexibility index (Phi) is 4.99. The molecule has 0 saturated heterocycles. The van der Waals surface area contributed by atoms with Gasteiger partial charge in [-0.25, -0.2) is 4.79 Å². The Labute approximate surface area is 125 Å². The molecule has 0 amide bonds. The number of benzene rings is 2. The maximum absolute atomic E-state index is 11.6. The van der Waals surface area contributed by atoms with E-state index in [0.29, 0.717) is 18.6 Å². The molecule has 0 spiro atoms. The Bertz CT molecular complexity index is 640. The van der Waals surface area contributed by atoms with Crippen molar-refractivity contribution in [2.24, 2.45) is 0 Å². The van der Waals surface area contributed by atoms with Gasteiger partial charge >= 0.3 is 5.97 Å². The van der Waals surface area contributed by atoms with E-state index in [0.717, 1.165) is 16.5 Å². The van der Waals surface area contributed by atoms with Crippen molar-refractivity contribution in [3.63, 3.8) is 0 Å². The van der Waals surface area contributed by atoms with Crippen LogP contribution in [0.3, 0.4) is 0 Å². The first-order valence-electron chi connectivity index (χ1n) is 7.09. The van der Waals surface area contributed by atoms with Gasteiger partial charge in [0.25, 0.3) is 0 Å². The van der Waals surface area contributed by atoms with Gasteiger partial charge in [-0.05, 0) is 24.8 Å². The van der Waals surface area contributed by atoms with Crippen LogP contribution in [-0.2, 0) is 9.53 Å². The standard InChI is InChI=1S/C18H20O3/c1-4-15(21-18(19)13(2)3)12-20-17-11-7-9-14-8-5-6-10-16(14)17/h5-11,15H,2,4,12H2,1,3H3. The number of ether oxygens (including phenoxy) is 2. The topological polar surface area (TPSA) is 35.5 Å². The Hall–Kier alpha value is -2.29. The summed E-state index contributed by atoms with van der Waals surface area (Å²) in [6.07, 6.45) is 0.428. The summed E-state index contributed by atoms with van der Waals surface area (Å²) in [5, 5.41) is 2.18. The fraction of sp³-hybridized carbons (Fsp3) is 0.278. The van der Waals surface area contributed by atoms with Crippen molar-refractivity contribution in [1.82, 2.24) is 0 Å². The second-order valence-corrected chi connectivity index (χ2v) is 5.00. The molecule has 110 valence electrons. The number of fused-ring (bicyclic) bond motifs is 1. The van der Waals surface area contributed by atoms with E-state index >= 15 is 0 Å². The van der Waals surface area contributed by atoms with Crippen LogP contribution in [0, 0.1) is 0 Å². The van der Waals surface area contributed by atoms with Gasteiger partial charge in [-0.15, -0.1) is 0 Å². The second kappa shape index (κ2) is 6.93. The van der Waals surface area contributed by atoms with Gasteiger partial charge in [-0.2, -0.15) is 0 Å². The SMILES string of the molecule is C=C(C)C(=O)OC(CC)COc1cccc2ccccc12. The Morgan fingerprint density at radius 2 is 1.90 bits per heavy atom. The van der Waals surface area contributed by atoms with E-state index in [1.165, 1.54) is 0 Å². The Balaban J connectivity index is 2.06. The number of hydrogen-bond acceptors (Lipinski definition) is 3. The molecule has 0 N–H and O–H groups in total. The van der Waals surface area contributed by atoms with Crippen molar-refractivity contribution in [2.75, 3.05) is 6.61 Å². The fourth-order valence-corrected chi connectivity index (χ4v) is 1.99. The third kappa shape index (κ3) is 3.85. The highest BCUT2D eigenvalue weighted by Gasteiger charge is 2.14. The summed E-state index contributed by atoms with van der Waals surface area (Å²) in [6.45, 7) is 7.52. The van der Waals surface area contributed by atoms with Gasteiger partial charge in [0, 0.05) is 11.0 Å². The molecule has 0 aliphatic carbocycles. The molecule has 21 heavy (non-hydrogen) atoms. The van der Waals surface area contributed by atoms with Gasteiger partial charge in [0.15, 0.2) is 0 Å². The minimum absolute atomic E-state index is 0.270. The lowest BCUT2D eigenvalue weighted by atomic mass is 10.1. The van der Waals surface area contributed by atoms with E-state index in [9.17, 15) is 4.79 Å². The molecule has 0 heterocycles. The van der Waals surface area contributed by atoms with E-state index in [-0.39, 0.29) is 12.1 Å². The highest BCUT2D eigenvalue weighted by atomic mass is 16.6. The number of hydrogen-bond donors (Lipinski definition) is 0. The lowest BCUT2D eigenvalue weighted by molar-refractivity contribution is -0.145.